The average molecular weight is 197 g/mol. The maximum atomic E-state index is 11.5. The second kappa shape index (κ2) is 3.41. The molecule has 2 rings (SSSR count). The van der Waals surface area contributed by atoms with Gasteiger partial charge in [-0.15, -0.1) is 0 Å². The van der Waals surface area contributed by atoms with Crippen molar-refractivity contribution in [1.29, 1.82) is 0 Å². The van der Waals surface area contributed by atoms with Gasteiger partial charge in [-0.2, -0.15) is 0 Å². The van der Waals surface area contributed by atoms with E-state index in [-0.39, 0.29) is 11.2 Å². The fraction of sp³-hybridized carbons (Fsp3) is 0.500. The van der Waals surface area contributed by atoms with Gasteiger partial charge in [0.2, 0.25) is 5.91 Å². The van der Waals surface area contributed by atoms with Crippen LogP contribution in [-0.2, 0) is 4.79 Å². The number of aromatic amines is 1. The quantitative estimate of drug-likeness (QED) is 0.760. The average Bonchev–Trinajstić information content (AvgIpc) is 2.71. The Labute approximate surface area is 80.7 Å². The van der Waals surface area contributed by atoms with E-state index < -0.39 is 0 Å². The maximum Gasteiger partial charge on any atom is 0.235 e. The first-order chi connectivity index (χ1) is 6.27. The minimum Gasteiger partial charge on any atom is -0.345 e. The molecule has 70 valence electrons. The lowest BCUT2D eigenvalue weighted by atomic mass is 10.4. The van der Waals surface area contributed by atoms with Gasteiger partial charge in [0, 0.05) is 26.0 Å². The summed E-state index contributed by atoms with van der Waals surface area (Å²) in [7, 11) is 1.84. The number of likely N-dealkylation sites (tertiary alicyclic amines) is 1. The number of thioether (sulfide) groups is 1. The van der Waals surface area contributed by atoms with Crippen molar-refractivity contribution in [1.82, 2.24) is 14.9 Å². The summed E-state index contributed by atoms with van der Waals surface area (Å²) in [5.41, 5.74) is 0. The van der Waals surface area contributed by atoms with Gasteiger partial charge in [0.15, 0.2) is 5.16 Å². The van der Waals surface area contributed by atoms with Crippen molar-refractivity contribution in [3.05, 3.63) is 12.4 Å². The van der Waals surface area contributed by atoms with E-state index in [0.29, 0.717) is 0 Å². The number of imidazole rings is 1. The molecule has 1 aliphatic heterocycles. The second-order valence-corrected chi connectivity index (χ2v) is 4.24. The number of hydrogen-bond donors (Lipinski definition) is 1. The van der Waals surface area contributed by atoms with Crippen LogP contribution in [0.15, 0.2) is 17.6 Å². The van der Waals surface area contributed by atoms with Gasteiger partial charge < -0.3 is 9.88 Å². The zero-order valence-corrected chi connectivity index (χ0v) is 8.17. The van der Waals surface area contributed by atoms with E-state index >= 15 is 0 Å². The minimum absolute atomic E-state index is 0.0520. The molecule has 1 fully saturated rings. The lowest BCUT2D eigenvalue weighted by Gasteiger charge is -2.07. The number of nitrogens with one attached hydrogen (secondary N) is 1. The second-order valence-electron chi connectivity index (χ2n) is 3.05. The zero-order chi connectivity index (χ0) is 9.26. The molecule has 13 heavy (non-hydrogen) atoms. The van der Waals surface area contributed by atoms with Gasteiger partial charge in [-0.3, -0.25) is 4.79 Å². The van der Waals surface area contributed by atoms with Gasteiger partial charge in [0.1, 0.15) is 0 Å². The number of hydrogen-bond acceptors (Lipinski definition) is 3. The highest BCUT2D eigenvalue weighted by Crippen LogP contribution is 2.27. The Kier molecular flexibility index (Phi) is 2.26. The molecule has 1 unspecified atom stereocenters. The van der Waals surface area contributed by atoms with E-state index in [4.69, 9.17) is 0 Å². The minimum atomic E-state index is 0.0520. The van der Waals surface area contributed by atoms with E-state index in [1.807, 2.05) is 7.05 Å². The number of aromatic nitrogens is 2. The van der Waals surface area contributed by atoms with Crippen LogP contribution in [0.1, 0.15) is 6.42 Å². The third-order valence-corrected chi connectivity index (χ3v) is 3.27. The largest absolute Gasteiger partial charge is 0.345 e. The van der Waals surface area contributed by atoms with Crippen molar-refractivity contribution < 1.29 is 4.79 Å². The molecule has 0 saturated carbocycles. The molecule has 2 heterocycles. The molecule has 1 amide bonds. The smallest absolute Gasteiger partial charge is 0.235 e. The predicted octanol–water partition coefficient (Wildman–Crippen LogP) is 0.732. The van der Waals surface area contributed by atoms with Crippen LogP contribution >= 0.6 is 11.8 Å². The number of carbonyl (C=O) groups is 1. The standard InChI is InChI=1S/C8H11N3OS/c1-11-5-2-6(7(11)12)13-8-9-3-4-10-8/h3-4,6H,2,5H2,1H3,(H,9,10). The fourth-order valence-corrected chi connectivity index (χ4v) is 2.38. The van der Waals surface area contributed by atoms with Gasteiger partial charge in [-0.25, -0.2) is 4.98 Å². The molecule has 1 aromatic heterocycles. The first kappa shape index (κ1) is 8.62. The van der Waals surface area contributed by atoms with Gasteiger partial charge >= 0.3 is 0 Å². The Morgan fingerprint density at radius 3 is 3.15 bits per heavy atom. The number of carbonyl (C=O) groups excluding carboxylic acids is 1. The summed E-state index contributed by atoms with van der Waals surface area (Å²) in [6.07, 6.45) is 4.39. The Hall–Kier alpha value is -0.970. The van der Waals surface area contributed by atoms with E-state index in [0.717, 1.165) is 18.1 Å². The molecule has 0 bridgehead atoms. The molecule has 0 radical (unpaired) electrons. The normalized spacial score (nSPS) is 22.7. The number of rotatable bonds is 2. The molecule has 5 heteroatoms. The highest BCUT2D eigenvalue weighted by atomic mass is 32.2. The summed E-state index contributed by atoms with van der Waals surface area (Å²) in [4.78, 5) is 20.3. The lowest BCUT2D eigenvalue weighted by Crippen LogP contribution is -2.23. The summed E-state index contributed by atoms with van der Waals surface area (Å²) in [5, 5.41) is 0.879. The maximum absolute atomic E-state index is 11.5. The summed E-state index contributed by atoms with van der Waals surface area (Å²) < 4.78 is 0. The number of amides is 1. The molecule has 1 aromatic rings. The molecular weight excluding hydrogens is 186 g/mol. The van der Waals surface area contributed by atoms with Crippen LogP contribution in [0, 0.1) is 0 Å². The summed E-state index contributed by atoms with van der Waals surface area (Å²) in [5.74, 6) is 0.210. The molecule has 1 aliphatic rings. The van der Waals surface area contributed by atoms with Crippen LogP contribution in [0.25, 0.3) is 0 Å². The molecule has 0 aromatic carbocycles. The number of nitrogens with zero attached hydrogens (tertiary/aromatic N) is 2. The lowest BCUT2D eigenvalue weighted by molar-refractivity contribution is -0.126. The Morgan fingerprint density at radius 1 is 1.77 bits per heavy atom. The van der Waals surface area contributed by atoms with Crippen molar-refractivity contribution in [3.63, 3.8) is 0 Å². The summed E-state index contributed by atoms with van der Waals surface area (Å²) >= 11 is 1.51. The molecule has 0 spiro atoms. The first-order valence-electron chi connectivity index (χ1n) is 4.18. The molecule has 1 saturated heterocycles. The van der Waals surface area contributed by atoms with Crippen LogP contribution in [0.3, 0.4) is 0 Å². The van der Waals surface area contributed by atoms with Crippen LogP contribution in [0.4, 0.5) is 0 Å². The van der Waals surface area contributed by atoms with E-state index in [2.05, 4.69) is 9.97 Å². The zero-order valence-electron chi connectivity index (χ0n) is 7.36. The third-order valence-electron chi connectivity index (χ3n) is 2.11. The molecule has 1 atom stereocenters. The van der Waals surface area contributed by atoms with Crippen molar-refractivity contribution in [2.75, 3.05) is 13.6 Å². The van der Waals surface area contributed by atoms with Crippen molar-refractivity contribution >= 4 is 17.7 Å². The van der Waals surface area contributed by atoms with Gasteiger partial charge in [-0.1, -0.05) is 11.8 Å². The summed E-state index contributed by atoms with van der Waals surface area (Å²) in [6, 6.07) is 0. The topological polar surface area (TPSA) is 49.0 Å². The van der Waals surface area contributed by atoms with Crippen molar-refractivity contribution in [3.8, 4) is 0 Å². The van der Waals surface area contributed by atoms with Crippen LogP contribution in [-0.4, -0.2) is 39.6 Å². The Bertz CT molecular complexity index is 298. The third kappa shape index (κ3) is 1.70. The monoisotopic (exact) mass is 197 g/mol. The van der Waals surface area contributed by atoms with Crippen LogP contribution in [0.2, 0.25) is 0 Å². The SMILES string of the molecule is CN1CCC(Sc2ncc[nH]2)C1=O. The fourth-order valence-electron chi connectivity index (χ4n) is 1.35. The molecule has 4 nitrogen and oxygen atoms in total. The number of H-pyrrole nitrogens is 1. The Balaban J connectivity index is 2.00. The highest BCUT2D eigenvalue weighted by molar-refractivity contribution is 8.00. The predicted molar refractivity (Wildman–Crippen MR) is 50.5 cm³/mol. The summed E-state index contributed by atoms with van der Waals surface area (Å²) in [6.45, 7) is 0.858. The van der Waals surface area contributed by atoms with Gasteiger partial charge in [0.05, 0.1) is 5.25 Å². The van der Waals surface area contributed by atoms with Gasteiger partial charge in [-0.05, 0) is 6.42 Å². The molecular formula is C8H11N3OS. The highest BCUT2D eigenvalue weighted by Gasteiger charge is 2.30. The van der Waals surface area contributed by atoms with E-state index in [1.165, 1.54) is 11.8 Å². The van der Waals surface area contributed by atoms with E-state index in [9.17, 15) is 4.79 Å². The van der Waals surface area contributed by atoms with Crippen LogP contribution in [0.5, 0.6) is 0 Å². The molecule has 1 N–H and O–H groups in total. The van der Waals surface area contributed by atoms with Crippen molar-refractivity contribution in [2.24, 2.45) is 0 Å². The van der Waals surface area contributed by atoms with Crippen molar-refractivity contribution in [2.45, 2.75) is 16.8 Å². The van der Waals surface area contributed by atoms with Crippen LogP contribution < -0.4 is 0 Å². The Morgan fingerprint density at radius 2 is 2.62 bits per heavy atom. The van der Waals surface area contributed by atoms with Gasteiger partial charge in [0.25, 0.3) is 0 Å². The first-order valence-corrected chi connectivity index (χ1v) is 5.06. The molecule has 0 aliphatic carbocycles. The van der Waals surface area contributed by atoms with E-state index in [1.54, 1.807) is 17.3 Å².